The molecule has 0 amide bonds. The van der Waals surface area contributed by atoms with Crippen LogP contribution in [0.1, 0.15) is 66.2 Å². The van der Waals surface area contributed by atoms with E-state index in [2.05, 4.69) is 33.8 Å². The Morgan fingerprint density at radius 2 is 1.81 bits per heavy atom. The van der Waals surface area contributed by atoms with Crippen molar-refractivity contribution in [2.45, 2.75) is 66.2 Å². The summed E-state index contributed by atoms with van der Waals surface area (Å²) in [5, 5.41) is 0.850. The van der Waals surface area contributed by atoms with Gasteiger partial charge in [-0.25, -0.2) is 0 Å². The standard InChI is InChI=1S/C27H39NO4/c1-7-8-9-10-17-31-25-23-15-14-22(30-6)19-24(23)28(5)27(29)26(25)32-18-16-21(4)13-11-12-20(2)3/h12,14-16,19H,7-11,13,17-18H2,1-6H3/b21-16+. The molecule has 0 radical (unpaired) electrons. The van der Waals surface area contributed by atoms with Crippen molar-refractivity contribution in [1.82, 2.24) is 4.57 Å². The van der Waals surface area contributed by atoms with E-state index in [-0.39, 0.29) is 11.3 Å². The first-order valence-corrected chi connectivity index (χ1v) is 11.6. The van der Waals surface area contributed by atoms with Gasteiger partial charge in [-0.3, -0.25) is 4.79 Å². The van der Waals surface area contributed by atoms with Crippen molar-refractivity contribution < 1.29 is 14.2 Å². The second-order valence-electron chi connectivity index (χ2n) is 8.50. The van der Waals surface area contributed by atoms with E-state index in [1.165, 1.54) is 24.0 Å². The van der Waals surface area contributed by atoms with Gasteiger partial charge in [-0.05, 0) is 58.2 Å². The number of hydrogen-bond donors (Lipinski definition) is 0. The molecule has 2 aromatic rings. The van der Waals surface area contributed by atoms with Gasteiger partial charge < -0.3 is 18.8 Å². The van der Waals surface area contributed by atoms with Crippen LogP contribution in [0.2, 0.25) is 0 Å². The fraction of sp³-hybridized carbons (Fsp3) is 0.519. The molecule has 0 N–H and O–H groups in total. The third-order valence-electron chi connectivity index (χ3n) is 5.51. The van der Waals surface area contributed by atoms with E-state index in [9.17, 15) is 4.79 Å². The average molecular weight is 442 g/mol. The minimum atomic E-state index is -0.204. The Morgan fingerprint density at radius 1 is 1.03 bits per heavy atom. The van der Waals surface area contributed by atoms with Gasteiger partial charge in [-0.1, -0.05) is 43.4 Å². The van der Waals surface area contributed by atoms with Gasteiger partial charge in [0, 0.05) is 18.5 Å². The van der Waals surface area contributed by atoms with Gasteiger partial charge in [-0.15, -0.1) is 0 Å². The van der Waals surface area contributed by atoms with Crippen molar-refractivity contribution >= 4 is 10.9 Å². The normalized spacial score (nSPS) is 11.5. The highest BCUT2D eigenvalue weighted by atomic mass is 16.5. The number of pyridine rings is 1. The molecule has 176 valence electrons. The van der Waals surface area contributed by atoms with Gasteiger partial charge in [0.05, 0.1) is 19.2 Å². The number of allylic oxidation sites excluding steroid dienone is 3. The Bertz CT molecular complexity index is 997. The van der Waals surface area contributed by atoms with Crippen LogP contribution >= 0.6 is 0 Å². The van der Waals surface area contributed by atoms with E-state index in [0.717, 1.165) is 36.6 Å². The maximum atomic E-state index is 13.1. The first-order valence-electron chi connectivity index (χ1n) is 11.6. The lowest BCUT2D eigenvalue weighted by atomic mass is 10.1. The average Bonchev–Trinajstić information content (AvgIpc) is 2.77. The number of hydrogen-bond acceptors (Lipinski definition) is 4. The number of rotatable bonds is 13. The highest BCUT2D eigenvalue weighted by Crippen LogP contribution is 2.34. The van der Waals surface area contributed by atoms with E-state index in [0.29, 0.717) is 24.7 Å². The van der Waals surface area contributed by atoms with Crippen LogP contribution in [-0.2, 0) is 7.05 Å². The third kappa shape index (κ3) is 7.18. The minimum Gasteiger partial charge on any atom is -0.497 e. The molecule has 0 saturated carbocycles. The summed E-state index contributed by atoms with van der Waals surface area (Å²) in [6, 6.07) is 5.67. The van der Waals surface area contributed by atoms with Gasteiger partial charge in [0.25, 0.3) is 5.56 Å². The molecule has 0 fully saturated rings. The fourth-order valence-corrected chi connectivity index (χ4v) is 3.52. The quantitative estimate of drug-likeness (QED) is 0.260. The minimum absolute atomic E-state index is 0.204. The molecular weight excluding hydrogens is 402 g/mol. The summed E-state index contributed by atoms with van der Waals surface area (Å²) >= 11 is 0. The van der Waals surface area contributed by atoms with Crippen molar-refractivity contribution in [3.63, 3.8) is 0 Å². The number of benzene rings is 1. The molecule has 5 nitrogen and oxygen atoms in total. The number of aromatic nitrogens is 1. The first-order chi connectivity index (χ1) is 15.4. The van der Waals surface area contributed by atoms with Crippen molar-refractivity contribution in [1.29, 1.82) is 0 Å². The van der Waals surface area contributed by atoms with Crippen molar-refractivity contribution in [3.8, 4) is 17.2 Å². The molecule has 0 saturated heterocycles. The van der Waals surface area contributed by atoms with Crippen LogP contribution in [0.5, 0.6) is 17.2 Å². The highest BCUT2D eigenvalue weighted by molar-refractivity contribution is 5.89. The van der Waals surface area contributed by atoms with Crippen molar-refractivity contribution in [2.24, 2.45) is 7.05 Å². The zero-order chi connectivity index (χ0) is 23.5. The zero-order valence-corrected chi connectivity index (χ0v) is 20.6. The summed E-state index contributed by atoms with van der Waals surface area (Å²) in [6.45, 7) is 9.39. The van der Waals surface area contributed by atoms with Crippen molar-refractivity contribution in [2.75, 3.05) is 20.3 Å². The number of aryl methyl sites for hydroxylation is 1. The summed E-state index contributed by atoms with van der Waals surface area (Å²) in [5.74, 6) is 1.50. The Labute approximate surface area is 192 Å². The van der Waals surface area contributed by atoms with E-state index in [1.807, 2.05) is 24.3 Å². The van der Waals surface area contributed by atoms with E-state index in [1.54, 1.807) is 18.7 Å². The van der Waals surface area contributed by atoms with Crippen LogP contribution in [0.3, 0.4) is 0 Å². The maximum absolute atomic E-state index is 13.1. The number of unbranched alkanes of at least 4 members (excludes halogenated alkanes) is 3. The first kappa shape index (κ1) is 25.6. The molecule has 32 heavy (non-hydrogen) atoms. The summed E-state index contributed by atoms with van der Waals surface area (Å²) in [5.41, 5.74) is 3.13. The SMILES string of the molecule is CCCCCCOc1c(OC/C=C(\C)CCC=C(C)C)c(=O)n(C)c2cc(OC)ccc12. The Balaban J connectivity index is 2.30. The van der Waals surface area contributed by atoms with Crippen LogP contribution in [0.4, 0.5) is 0 Å². The van der Waals surface area contributed by atoms with Crippen LogP contribution < -0.4 is 19.8 Å². The van der Waals surface area contributed by atoms with Crippen LogP contribution in [0.15, 0.2) is 46.3 Å². The Morgan fingerprint density at radius 3 is 2.50 bits per heavy atom. The fourth-order valence-electron chi connectivity index (χ4n) is 3.52. The lowest BCUT2D eigenvalue weighted by Gasteiger charge is -2.17. The molecular formula is C27H39NO4. The van der Waals surface area contributed by atoms with E-state index >= 15 is 0 Å². The Kier molecular flexibility index (Phi) is 10.4. The second kappa shape index (κ2) is 13.0. The summed E-state index contributed by atoms with van der Waals surface area (Å²) in [4.78, 5) is 13.1. The predicted octanol–water partition coefficient (Wildman–Crippen LogP) is 6.58. The predicted molar refractivity (Wildman–Crippen MR) is 133 cm³/mol. The topological polar surface area (TPSA) is 49.7 Å². The maximum Gasteiger partial charge on any atom is 0.297 e. The highest BCUT2D eigenvalue weighted by Gasteiger charge is 2.18. The molecule has 0 unspecified atom stereocenters. The van der Waals surface area contributed by atoms with Crippen molar-refractivity contribution in [3.05, 3.63) is 51.9 Å². The monoisotopic (exact) mass is 441 g/mol. The molecule has 0 aliphatic carbocycles. The third-order valence-corrected chi connectivity index (χ3v) is 5.51. The number of nitrogens with zero attached hydrogens (tertiary/aromatic N) is 1. The molecule has 5 heteroatoms. The number of ether oxygens (including phenoxy) is 3. The molecule has 0 spiro atoms. The molecule has 1 aromatic carbocycles. The van der Waals surface area contributed by atoms with Crippen LogP contribution in [0.25, 0.3) is 10.9 Å². The van der Waals surface area contributed by atoms with Gasteiger partial charge in [-0.2, -0.15) is 0 Å². The molecule has 1 heterocycles. The number of methoxy groups -OCH3 is 1. The van der Waals surface area contributed by atoms with Gasteiger partial charge in [0.1, 0.15) is 12.4 Å². The van der Waals surface area contributed by atoms with Gasteiger partial charge in [0.15, 0.2) is 5.75 Å². The van der Waals surface area contributed by atoms with E-state index in [4.69, 9.17) is 14.2 Å². The smallest absolute Gasteiger partial charge is 0.297 e. The number of fused-ring (bicyclic) bond motifs is 1. The summed E-state index contributed by atoms with van der Waals surface area (Å²) in [6.07, 6.45) is 10.7. The Hall–Kier alpha value is -2.69. The molecule has 0 atom stereocenters. The molecule has 2 rings (SSSR count). The lowest BCUT2D eigenvalue weighted by Crippen LogP contribution is -2.21. The zero-order valence-electron chi connectivity index (χ0n) is 20.6. The van der Waals surface area contributed by atoms with Crippen LogP contribution in [0, 0.1) is 0 Å². The van der Waals surface area contributed by atoms with E-state index < -0.39 is 0 Å². The van der Waals surface area contributed by atoms with Gasteiger partial charge in [0.2, 0.25) is 5.75 Å². The summed E-state index contributed by atoms with van der Waals surface area (Å²) < 4.78 is 19.1. The molecule has 0 aliphatic rings. The van der Waals surface area contributed by atoms with Crippen LogP contribution in [-0.4, -0.2) is 24.9 Å². The molecule has 0 aliphatic heterocycles. The molecule has 0 bridgehead atoms. The second-order valence-corrected chi connectivity index (χ2v) is 8.50. The summed E-state index contributed by atoms with van der Waals surface area (Å²) in [7, 11) is 3.37. The van der Waals surface area contributed by atoms with Gasteiger partial charge >= 0.3 is 0 Å². The largest absolute Gasteiger partial charge is 0.497 e. The molecule has 1 aromatic heterocycles. The lowest BCUT2D eigenvalue weighted by molar-refractivity contribution is 0.276.